The van der Waals surface area contributed by atoms with E-state index in [1.807, 2.05) is 122 Å². The van der Waals surface area contributed by atoms with Crippen molar-refractivity contribution in [2.24, 2.45) is 0 Å². The molecule has 274 valence electrons. The van der Waals surface area contributed by atoms with Crippen LogP contribution >= 0.6 is 0 Å². The van der Waals surface area contributed by atoms with Crippen LogP contribution in [0, 0.1) is 13.8 Å². The molecule has 0 spiro atoms. The van der Waals surface area contributed by atoms with Crippen LogP contribution in [0.15, 0.2) is 103 Å². The SMILES string of the molecule is CO[C@H]1O[C@H](CO[C@@H]2O[C@H](CO)[C@@H](O)[C@H](O)[C@H]2n2c(C)ccc2C)[C@@H](OCc2ccccc2)[C@H](OCc2ccccc2)[C@H]1OCc1ccccc1. The summed E-state index contributed by atoms with van der Waals surface area (Å²) in [5.74, 6) is 0. The maximum atomic E-state index is 11.4. The number of methoxy groups -OCH3 is 1. The van der Waals surface area contributed by atoms with Crippen LogP contribution in [0.1, 0.15) is 34.1 Å². The number of rotatable bonds is 15. The lowest BCUT2D eigenvalue weighted by molar-refractivity contribution is -0.336. The molecule has 2 aliphatic rings. The Morgan fingerprint density at radius 2 is 1.04 bits per heavy atom. The highest BCUT2D eigenvalue weighted by molar-refractivity contribution is 5.18. The lowest BCUT2D eigenvalue weighted by Gasteiger charge is -2.47. The van der Waals surface area contributed by atoms with Crippen LogP contribution in [-0.4, -0.2) is 95.5 Å². The molecule has 2 fully saturated rings. The zero-order valence-corrected chi connectivity index (χ0v) is 29.3. The Bertz CT molecular complexity index is 1590. The summed E-state index contributed by atoms with van der Waals surface area (Å²) in [5, 5.41) is 32.3. The average Bonchev–Trinajstić information content (AvgIpc) is 3.50. The third-order valence-corrected chi connectivity index (χ3v) is 9.58. The van der Waals surface area contributed by atoms with Crippen molar-refractivity contribution in [3.63, 3.8) is 0 Å². The number of aliphatic hydroxyl groups is 3. The predicted octanol–water partition coefficient (Wildman–Crippen LogP) is 4.23. The minimum atomic E-state index is -1.33. The first-order chi connectivity index (χ1) is 24.9. The molecule has 6 rings (SSSR count). The lowest BCUT2D eigenvalue weighted by atomic mass is 9.96. The fourth-order valence-electron chi connectivity index (χ4n) is 6.89. The van der Waals surface area contributed by atoms with E-state index in [1.165, 1.54) is 0 Å². The van der Waals surface area contributed by atoms with Gasteiger partial charge in [0.25, 0.3) is 0 Å². The molecule has 0 saturated carbocycles. The molecule has 3 heterocycles. The Morgan fingerprint density at radius 1 is 0.569 bits per heavy atom. The van der Waals surface area contributed by atoms with Crippen LogP contribution in [0.5, 0.6) is 0 Å². The van der Waals surface area contributed by atoms with Crippen LogP contribution in [0.3, 0.4) is 0 Å². The fourth-order valence-corrected chi connectivity index (χ4v) is 6.89. The largest absolute Gasteiger partial charge is 0.394 e. The Balaban J connectivity index is 1.30. The minimum absolute atomic E-state index is 0.0581. The van der Waals surface area contributed by atoms with Gasteiger partial charge in [0.1, 0.15) is 48.8 Å². The van der Waals surface area contributed by atoms with E-state index in [9.17, 15) is 15.3 Å². The van der Waals surface area contributed by atoms with Gasteiger partial charge >= 0.3 is 0 Å². The number of ether oxygens (including phenoxy) is 7. The number of aliphatic hydroxyl groups excluding tert-OH is 3. The third kappa shape index (κ3) is 8.95. The molecule has 2 aliphatic heterocycles. The summed E-state index contributed by atoms with van der Waals surface area (Å²) < 4.78 is 46.9. The van der Waals surface area contributed by atoms with Crippen molar-refractivity contribution in [3.8, 4) is 0 Å². The van der Waals surface area contributed by atoms with Gasteiger partial charge in [-0.15, -0.1) is 0 Å². The quantitative estimate of drug-likeness (QED) is 0.166. The topological polar surface area (TPSA) is 130 Å². The normalized spacial score (nSPS) is 29.6. The Hall–Kier alpha value is -3.46. The molecular weight excluding hydrogens is 654 g/mol. The zero-order valence-electron chi connectivity index (χ0n) is 29.3. The van der Waals surface area contributed by atoms with Gasteiger partial charge in [0, 0.05) is 18.5 Å². The first-order valence-electron chi connectivity index (χ1n) is 17.4. The summed E-state index contributed by atoms with van der Waals surface area (Å²) in [4.78, 5) is 0. The molecule has 0 radical (unpaired) electrons. The van der Waals surface area contributed by atoms with Crippen LogP contribution in [0.25, 0.3) is 0 Å². The fraction of sp³-hybridized carbons (Fsp3) is 0.450. The average molecular weight is 704 g/mol. The van der Waals surface area contributed by atoms with Crippen molar-refractivity contribution >= 4 is 0 Å². The first-order valence-corrected chi connectivity index (χ1v) is 17.4. The van der Waals surface area contributed by atoms with E-state index >= 15 is 0 Å². The maximum absolute atomic E-state index is 11.4. The van der Waals surface area contributed by atoms with Gasteiger partial charge in [0.05, 0.1) is 33.0 Å². The van der Waals surface area contributed by atoms with Gasteiger partial charge in [-0.05, 0) is 42.7 Å². The summed E-state index contributed by atoms with van der Waals surface area (Å²) in [6.45, 7) is 4.10. The Labute approximate surface area is 299 Å². The molecule has 51 heavy (non-hydrogen) atoms. The van der Waals surface area contributed by atoms with E-state index in [4.69, 9.17) is 33.2 Å². The van der Waals surface area contributed by atoms with Gasteiger partial charge in [-0.25, -0.2) is 0 Å². The molecule has 0 bridgehead atoms. The molecule has 0 amide bonds. The van der Waals surface area contributed by atoms with Crippen molar-refractivity contribution in [1.82, 2.24) is 4.57 Å². The summed E-state index contributed by atoms with van der Waals surface area (Å²) in [5.41, 5.74) is 4.64. The molecule has 1 aromatic heterocycles. The second kappa shape index (κ2) is 17.8. The summed E-state index contributed by atoms with van der Waals surface area (Å²) in [6.07, 6.45) is -8.38. The van der Waals surface area contributed by atoms with Crippen molar-refractivity contribution in [1.29, 1.82) is 0 Å². The predicted molar refractivity (Wildman–Crippen MR) is 187 cm³/mol. The van der Waals surface area contributed by atoms with Gasteiger partial charge in [-0.2, -0.15) is 0 Å². The first kappa shape index (κ1) is 37.3. The van der Waals surface area contributed by atoms with Gasteiger partial charge < -0.3 is 53.0 Å². The highest BCUT2D eigenvalue weighted by Crippen LogP contribution is 2.36. The van der Waals surface area contributed by atoms with Crippen molar-refractivity contribution < 1.29 is 48.5 Å². The monoisotopic (exact) mass is 703 g/mol. The van der Waals surface area contributed by atoms with E-state index in [0.717, 1.165) is 28.1 Å². The second-order valence-electron chi connectivity index (χ2n) is 13.1. The van der Waals surface area contributed by atoms with Crippen LogP contribution in [0.2, 0.25) is 0 Å². The summed E-state index contributed by atoms with van der Waals surface area (Å²) in [6, 6.07) is 32.6. The van der Waals surface area contributed by atoms with Crippen molar-refractivity contribution in [3.05, 3.63) is 131 Å². The molecule has 11 heteroatoms. The third-order valence-electron chi connectivity index (χ3n) is 9.58. The summed E-state index contributed by atoms with van der Waals surface area (Å²) >= 11 is 0. The summed E-state index contributed by atoms with van der Waals surface area (Å²) in [7, 11) is 1.56. The molecule has 0 unspecified atom stereocenters. The lowest BCUT2D eigenvalue weighted by Crippen LogP contribution is -2.62. The Morgan fingerprint density at radius 3 is 1.53 bits per heavy atom. The van der Waals surface area contributed by atoms with Gasteiger partial charge in [-0.1, -0.05) is 91.0 Å². The molecule has 3 N–H and O–H groups in total. The Kier molecular flexibility index (Phi) is 13.1. The standard InChI is InChI=1S/C40H49NO10/c1-26-19-20-27(2)41(26)33-35(44)34(43)31(21-42)50-39(33)49-25-32-36(46-22-28-13-7-4-8-14-28)37(47-23-29-15-9-5-10-16-29)38(40(45-3)51-32)48-24-30-17-11-6-12-18-30/h4-20,31-40,42-44H,21-25H2,1-3H3/t31-,32-,33-,34-,35-,36-,37+,38-,39-,40+/m1/s1. The number of hydrogen-bond donors (Lipinski definition) is 3. The van der Waals surface area contributed by atoms with Crippen LogP contribution in [0.4, 0.5) is 0 Å². The minimum Gasteiger partial charge on any atom is -0.394 e. The van der Waals surface area contributed by atoms with E-state index in [0.29, 0.717) is 6.61 Å². The number of aromatic nitrogens is 1. The van der Waals surface area contributed by atoms with Crippen molar-refractivity contribution in [2.75, 3.05) is 20.3 Å². The van der Waals surface area contributed by atoms with Gasteiger partial charge in [-0.3, -0.25) is 0 Å². The molecular formula is C40H49NO10. The van der Waals surface area contributed by atoms with Gasteiger partial charge in [0.2, 0.25) is 0 Å². The molecule has 4 aromatic rings. The smallest absolute Gasteiger partial charge is 0.186 e. The second-order valence-corrected chi connectivity index (χ2v) is 13.1. The van der Waals surface area contributed by atoms with E-state index in [-0.39, 0.29) is 19.8 Å². The molecule has 11 nitrogen and oxygen atoms in total. The van der Waals surface area contributed by atoms with E-state index < -0.39 is 68.0 Å². The number of hydrogen-bond acceptors (Lipinski definition) is 10. The highest BCUT2D eigenvalue weighted by atomic mass is 16.7. The van der Waals surface area contributed by atoms with E-state index in [1.54, 1.807) is 7.11 Å². The number of aryl methyl sites for hydroxylation is 2. The molecule has 3 aromatic carbocycles. The van der Waals surface area contributed by atoms with E-state index in [2.05, 4.69) is 0 Å². The zero-order chi connectivity index (χ0) is 35.7. The molecule has 10 atom stereocenters. The molecule has 0 aliphatic carbocycles. The van der Waals surface area contributed by atoms with Crippen LogP contribution < -0.4 is 0 Å². The highest BCUT2D eigenvalue weighted by Gasteiger charge is 2.51. The van der Waals surface area contributed by atoms with Crippen molar-refractivity contribution in [2.45, 2.75) is 95.0 Å². The number of nitrogens with zero attached hydrogens (tertiary/aromatic N) is 1. The van der Waals surface area contributed by atoms with Gasteiger partial charge in [0.15, 0.2) is 12.6 Å². The maximum Gasteiger partial charge on any atom is 0.186 e. The number of benzene rings is 3. The van der Waals surface area contributed by atoms with Crippen LogP contribution in [-0.2, 0) is 53.0 Å². The molecule has 2 saturated heterocycles.